The molecule has 0 bridgehead atoms. The molecule has 0 atom stereocenters. The molecule has 2 aromatic heterocycles. The van der Waals surface area contributed by atoms with Crippen molar-refractivity contribution in [1.82, 2.24) is 29.9 Å². The van der Waals surface area contributed by atoms with Gasteiger partial charge in [0.05, 0.1) is 12.2 Å². The van der Waals surface area contributed by atoms with Gasteiger partial charge in [0.1, 0.15) is 0 Å². The summed E-state index contributed by atoms with van der Waals surface area (Å²) in [6.45, 7) is 1.20. The Bertz CT molecular complexity index is 591. The Morgan fingerprint density at radius 3 is 3.06 bits per heavy atom. The number of likely N-dealkylation sites (N-methyl/N-ethyl adjacent to an activating group) is 1. The van der Waals surface area contributed by atoms with Crippen molar-refractivity contribution in [3.05, 3.63) is 12.4 Å². The summed E-state index contributed by atoms with van der Waals surface area (Å²) in [5.41, 5.74) is 0.578. The summed E-state index contributed by atoms with van der Waals surface area (Å²) >= 11 is 0. The highest BCUT2D eigenvalue weighted by atomic mass is 16.4. The lowest BCUT2D eigenvalue weighted by Gasteiger charge is -2.43. The zero-order chi connectivity index (χ0) is 12.7. The molecule has 1 N–H and O–H groups in total. The molecule has 0 spiro atoms. The Hall–Kier alpha value is -2.45. The van der Waals surface area contributed by atoms with Gasteiger partial charge in [-0.25, -0.2) is 9.78 Å². The molecule has 3 rings (SSSR count). The van der Waals surface area contributed by atoms with Crippen molar-refractivity contribution >= 4 is 17.6 Å². The predicted octanol–water partition coefficient (Wildman–Crippen LogP) is -0.682. The zero-order valence-corrected chi connectivity index (χ0v) is 9.63. The van der Waals surface area contributed by atoms with E-state index in [0.717, 1.165) is 0 Å². The maximum absolute atomic E-state index is 10.8. The SMILES string of the molecule is CN(C(=O)O)C1CN(c2nccn3nnnc23)C1. The number of aromatic nitrogens is 5. The molecule has 0 aliphatic carbocycles. The van der Waals surface area contributed by atoms with Crippen LogP contribution >= 0.6 is 0 Å². The number of tetrazole rings is 1. The normalized spacial score (nSPS) is 15.7. The van der Waals surface area contributed by atoms with Gasteiger partial charge in [0.25, 0.3) is 0 Å². The fraction of sp³-hybridized carbons (Fsp3) is 0.444. The van der Waals surface area contributed by atoms with Crippen LogP contribution in [0.15, 0.2) is 12.4 Å². The van der Waals surface area contributed by atoms with Crippen LogP contribution in [0.5, 0.6) is 0 Å². The second-order valence-corrected chi connectivity index (χ2v) is 4.15. The van der Waals surface area contributed by atoms with Crippen LogP contribution in [0.2, 0.25) is 0 Å². The Morgan fingerprint density at radius 1 is 1.56 bits per heavy atom. The van der Waals surface area contributed by atoms with Gasteiger partial charge in [-0.05, 0) is 10.4 Å². The number of rotatable bonds is 2. The van der Waals surface area contributed by atoms with Crippen LogP contribution in [0, 0.1) is 0 Å². The number of amides is 1. The standard InChI is InChI=1S/C9H11N7O2/c1-14(9(17)18)6-4-15(5-6)7-8-11-12-13-16(8)3-2-10-7/h2-3,6H,4-5H2,1H3,(H,17,18). The molecule has 1 saturated heterocycles. The minimum Gasteiger partial charge on any atom is -0.465 e. The fourth-order valence-electron chi connectivity index (χ4n) is 1.92. The number of nitrogens with zero attached hydrogens (tertiary/aromatic N) is 7. The number of anilines is 1. The monoisotopic (exact) mass is 249 g/mol. The quantitative estimate of drug-likeness (QED) is 0.752. The van der Waals surface area contributed by atoms with Crippen molar-refractivity contribution in [2.75, 3.05) is 25.0 Å². The Labute approximate surface area is 102 Å². The van der Waals surface area contributed by atoms with E-state index in [1.165, 1.54) is 9.42 Å². The van der Waals surface area contributed by atoms with E-state index < -0.39 is 6.09 Å². The number of carboxylic acid groups (broad SMARTS) is 1. The molecule has 9 heteroatoms. The van der Waals surface area contributed by atoms with Crippen molar-refractivity contribution in [1.29, 1.82) is 0 Å². The van der Waals surface area contributed by atoms with Gasteiger partial charge in [0, 0.05) is 26.3 Å². The molecule has 0 unspecified atom stereocenters. The first-order chi connectivity index (χ1) is 8.66. The molecule has 2 aromatic rings. The maximum atomic E-state index is 10.8. The van der Waals surface area contributed by atoms with E-state index in [-0.39, 0.29) is 6.04 Å². The molecule has 94 valence electrons. The van der Waals surface area contributed by atoms with Crippen LogP contribution in [0.3, 0.4) is 0 Å². The number of hydrogen-bond donors (Lipinski definition) is 1. The third-order valence-corrected chi connectivity index (χ3v) is 3.11. The molecule has 1 aliphatic rings. The average Bonchev–Trinajstić information content (AvgIpc) is 2.75. The zero-order valence-electron chi connectivity index (χ0n) is 9.63. The highest BCUT2D eigenvalue weighted by molar-refractivity contribution is 5.68. The van der Waals surface area contributed by atoms with Gasteiger partial charge in [-0.3, -0.25) is 0 Å². The summed E-state index contributed by atoms with van der Waals surface area (Å²) in [7, 11) is 1.57. The molecule has 0 radical (unpaired) electrons. The lowest BCUT2D eigenvalue weighted by atomic mass is 10.1. The molecule has 1 fully saturated rings. The van der Waals surface area contributed by atoms with Crippen molar-refractivity contribution < 1.29 is 9.90 Å². The lowest BCUT2D eigenvalue weighted by Crippen LogP contribution is -2.60. The summed E-state index contributed by atoms with van der Waals surface area (Å²) in [6.07, 6.45) is 2.36. The summed E-state index contributed by atoms with van der Waals surface area (Å²) < 4.78 is 1.54. The molecule has 3 heterocycles. The highest BCUT2D eigenvalue weighted by Crippen LogP contribution is 2.23. The highest BCUT2D eigenvalue weighted by Gasteiger charge is 2.34. The smallest absolute Gasteiger partial charge is 0.407 e. The van der Waals surface area contributed by atoms with E-state index in [2.05, 4.69) is 20.5 Å². The fourth-order valence-corrected chi connectivity index (χ4v) is 1.92. The van der Waals surface area contributed by atoms with Gasteiger partial charge in [0.2, 0.25) is 5.65 Å². The second kappa shape index (κ2) is 3.79. The Morgan fingerprint density at radius 2 is 2.33 bits per heavy atom. The van der Waals surface area contributed by atoms with Crippen LogP contribution in [0.4, 0.5) is 10.6 Å². The summed E-state index contributed by atoms with van der Waals surface area (Å²) in [4.78, 5) is 18.3. The minimum absolute atomic E-state index is 0.0135. The van der Waals surface area contributed by atoms with Crippen molar-refractivity contribution in [3.8, 4) is 0 Å². The second-order valence-electron chi connectivity index (χ2n) is 4.15. The molecular formula is C9H11N7O2. The van der Waals surface area contributed by atoms with E-state index in [9.17, 15) is 4.79 Å². The topological polar surface area (TPSA) is 99.8 Å². The van der Waals surface area contributed by atoms with Gasteiger partial charge < -0.3 is 14.9 Å². The number of hydrogen-bond acceptors (Lipinski definition) is 6. The molecular weight excluding hydrogens is 238 g/mol. The molecule has 0 saturated carbocycles. The first-order valence-corrected chi connectivity index (χ1v) is 5.40. The summed E-state index contributed by atoms with van der Waals surface area (Å²) in [5.74, 6) is 0.678. The first-order valence-electron chi connectivity index (χ1n) is 5.40. The van der Waals surface area contributed by atoms with Crippen LogP contribution in [-0.2, 0) is 0 Å². The van der Waals surface area contributed by atoms with Gasteiger partial charge in [-0.15, -0.1) is 5.10 Å². The summed E-state index contributed by atoms with van der Waals surface area (Å²) in [5, 5.41) is 20.1. The third-order valence-electron chi connectivity index (χ3n) is 3.11. The molecule has 18 heavy (non-hydrogen) atoms. The van der Waals surface area contributed by atoms with Crippen molar-refractivity contribution in [2.24, 2.45) is 0 Å². The van der Waals surface area contributed by atoms with E-state index in [0.29, 0.717) is 24.6 Å². The number of fused-ring (bicyclic) bond motifs is 1. The summed E-state index contributed by atoms with van der Waals surface area (Å²) in [6, 6.07) is -0.0135. The maximum Gasteiger partial charge on any atom is 0.407 e. The lowest BCUT2D eigenvalue weighted by molar-refractivity contribution is 0.130. The van der Waals surface area contributed by atoms with Crippen LogP contribution < -0.4 is 4.90 Å². The van der Waals surface area contributed by atoms with E-state index >= 15 is 0 Å². The van der Waals surface area contributed by atoms with Gasteiger partial charge >= 0.3 is 6.09 Å². The van der Waals surface area contributed by atoms with Gasteiger partial charge in [0.15, 0.2) is 5.82 Å². The van der Waals surface area contributed by atoms with E-state index in [1.807, 2.05) is 4.90 Å². The van der Waals surface area contributed by atoms with Crippen molar-refractivity contribution in [2.45, 2.75) is 6.04 Å². The third kappa shape index (κ3) is 1.51. The largest absolute Gasteiger partial charge is 0.465 e. The predicted molar refractivity (Wildman–Crippen MR) is 60.4 cm³/mol. The van der Waals surface area contributed by atoms with Crippen LogP contribution in [0.1, 0.15) is 0 Å². The van der Waals surface area contributed by atoms with Gasteiger partial charge in [-0.2, -0.15) is 4.52 Å². The molecule has 1 aliphatic heterocycles. The van der Waals surface area contributed by atoms with Gasteiger partial charge in [-0.1, -0.05) is 0 Å². The Kier molecular flexibility index (Phi) is 2.25. The van der Waals surface area contributed by atoms with Crippen molar-refractivity contribution in [3.63, 3.8) is 0 Å². The van der Waals surface area contributed by atoms with E-state index in [4.69, 9.17) is 5.11 Å². The minimum atomic E-state index is -0.921. The van der Waals surface area contributed by atoms with E-state index in [1.54, 1.807) is 19.4 Å². The van der Waals surface area contributed by atoms with Crippen LogP contribution in [0.25, 0.3) is 5.65 Å². The molecule has 1 amide bonds. The Balaban J connectivity index is 1.79. The number of carbonyl (C=O) groups is 1. The first kappa shape index (κ1) is 10.7. The van der Waals surface area contributed by atoms with Crippen LogP contribution in [-0.4, -0.2) is 67.3 Å². The molecule has 9 nitrogen and oxygen atoms in total. The molecule has 0 aromatic carbocycles. The average molecular weight is 249 g/mol.